The third-order valence-corrected chi connectivity index (χ3v) is 4.05. The molecule has 0 aromatic carbocycles. The molecule has 6 nitrogen and oxygen atoms in total. The zero-order valence-electron chi connectivity index (χ0n) is 9.55. The summed E-state index contributed by atoms with van der Waals surface area (Å²) in [7, 11) is 0. The molecule has 1 aliphatic rings. The van der Waals surface area contributed by atoms with E-state index in [9.17, 15) is 9.59 Å². The maximum absolute atomic E-state index is 11.5. The highest BCUT2D eigenvalue weighted by Crippen LogP contribution is 2.37. The first kappa shape index (κ1) is 12.2. The van der Waals surface area contributed by atoms with Crippen LogP contribution in [-0.4, -0.2) is 31.1 Å². The van der Waals surface area contributed by atoms with Crippen molar-refractivity contribution in [3.8, 4) is 0 Å². The van der Waals surface area contributed by atoms with Crippen molar-refractivity contribution in [3.63, 3.8) is 0 Å². The van der Waals surface area contributed by atoms with Gasteiger partial charge in [0.25, 0.3) is 0 Å². The first-order valence-electron chi connectivity index (χ1n) is 5.67. The summed E-state index contributed by atoms with van der Waals surface area (Å²) < 4.78 is 1.65. The molecular formula is C10H15N3O3S. The van der Waals surface area contributed by atoms with E-state index in [1.807, 2.05) is 6.92 Å². The van der Waals surface area contributed by atoms with Crippen LogP contribution in [0.5, 0.6) is 0 Å². The van der Waals surface area contributed by atoms with Crippen molar-refractivity contribution in [2.24, 2.45) is 0 Å². The fraction of sp³-hybridized carbons (Fsp3) is 0.700. The molecule has 2 rings (SSSR count). The summed E-state index contributed by atoms with van der Waals surface area (Å²) in [4.78, 5) is 22.2. The number of aliphatic carboxylic acids is 1. The largest absolute Gasteiger partial charge is 0.481 e. The zero-order chi connectivity index (χ0) is 12.4. The molecule has 17 heavy (non-hydrogen) atoms. The minimum Gasteiger partial charge on any atom is -0.481 e. The number of carbonyl (C=O) groups is 1. The highest BCUT2D eigenvalue weighted by Gasteiger charge is 2.29. The summed E-state index contributed by atoms with van der Waals surface area (Å²) in [6, 6.07) is 0.256. The van der Waals surface area contributed by atoms with Gasteiger partial charge in [0, 0.05) is 11.3 Å². The van der Waals surface area contributed by atoms with Gasteiger partial charge in [0.15, 0.2) is 5.16 Å². The van der Waals surface area contributed by atoms with Crippen molar-refractivity contribution in [3.05, 3.63) is 10.5 Å². The SMILES string of the molecule is CCC(CC(=O)O)Sc1n[nH]c(=O)n1C1CC1. The molecule has 0 bridgehead atoms. The Hall–Kier alpha value is -1.24. The van der Waals surface area contributed by atoms with E-state index in [0.29, 0.717) is 5.16 Å². The summed E-state index contributed by atoms with van der Waals surface area (Å²) in [5.74, 6) is -0.819. The Morgan fingerprint density at radius 1 is 1.71 bits per heavy atom. The van der Waals surface area contributed by atoms with Crippen LogP contribution in [0.25, 0.3) is 0 Å². The minimum atomic E-state index is -0.819. The fourth-order valence-corrected chi connectivity index (χ4v) is 2.78. The van der Waals surface area contributed by atoms with Gasteiger partial charge in [0.1, 0.15) is 0 Å². The van der Waals surface area contributed by atoms with E-state index in [4.69, 9.17) is 5.11 Å². The predicted molar refractivity (Wildman–Crippen MR) is 63.3 cm³/mol. The summed E-state index contributed by atoms with van der Waals surface area (Å²) in [5, 5.41) is 15.8. The van der Waals surface area contributed by atoms with E-state index in [2.05, 4.69) is 10.2 Å². The quantitative estimate of drug-likeness (QED) is 0.749. The molecule has 94 valence electrons. The van der Waals surface area contributed by atoms with Gasteiger partial charge in [-0.15, -0.1) is 5.10 Å². The first-order valence-corrected chi connectivity index (χ1v) is 6.55. The van der Waals surface area contributed by atoms with E-state index < -0.39 is 5.97 Å². The molecule has 0 radical (unpaired) electrons. The summed E-state index contributed by atoms with van der Waals surface area (Å²) in [5.41, 5.74) is -0.194. The van der Waals surface area contributed by atoms with Gasteiger partial charge in [-0.3, -0.25) is 9.36 Å². The topological polar surface area (TPSA) is 88.0 Å². The second-order valence-corrected chi connectivity index (χ2v) is 5.43. The van der Waals surface area contributed by atoms with Crippen LogP contribution in [0.1, 0.15) is 38.6 Å². The number of nitrogens with one attached hydrogen (secondary N) is 1. The summed E-state index contributed by atoms with van der Waals surface area (Å²) in [6.07, 6.45) is 2.83. The minimum absolute atomic E-state index is 0.0415. The van der Waals surface area contributed by atoms with Gasteiger partial charge >= 0.3 is 11.7 Å². The van der Waals surface area contributed by atoms with Crippen LogP contribution in [0.15, 0.2) is 9.95 Å². The molecule has 1 atom stereocenters. The lowest BCUT2D eigenvalue weighted by atomic mass is 10.2. The highest BCUT2D eigenvalue weighted by atomic mass is 32.2. The van der Waals surface area contributed by atoms with Crippen molar-refractivity contribution in [1.29, 1.82) is 0 Å². The van der Waals surface area contributed by atoms with Gasteiger partial charge in [0.05, 0.1) is 6.42 Å². The van der Waals surface area contributed by atoms with E-state index in [0.717, 1.165) is 19.3 Å². The molecule has 0 saturated heterocycles. The highest BCUT2D eigenvalue weighted by molar-refractivity contribution is 7.99. The third kappa shape index (κ3) is 2.91. The third-order valence-electron chi connectivity index (χ3n) is 2.71. The average Bonchev–Trinajstić information content (AvgIpc) is 3.03. The normalized spacial score (nSPS) is 17.0. The number of H-pyrrole nitrogens is 1. The van der Waals surface area contributed by atoms with E-state index in [1.54, 1.807) is 4.57 Å². The van der Waals surface area contributed by atoms with Crippen LogP contribution in [0.4, 0.5) is 0 Å². The molecule has 1 aromatic heterocycles. The Morgan fingerprint density at radius 3 is 2.94 bits per heavy atom. The lowest BCUT2D eigenvalue weighted by molar-refractivity contribution is -0.136. The molecule has 1 heterocycles. The van der Waals surface area contributed by atoms with E-state index in [1.165, 1.54) is 11.8 Å². The lowest BCUT2D eigenvalue weighted by Gasteiger charge is -2.11. The standard InChI is InChI=1S/C10H15N3O3S/c1-2-7(5-8(14)15)17-10-12-11-9(16)13(10)6-3-4-6/h6-7H,2-5H2,1H3,(H,11,16)(H,14,15). The number of hydrogen-bond donors (Lipinski definition) is 2. The second kappa shape index (κ2) is 4.95. The van der Waals surface area contributed by atoms with Gasteiger partial charge in [-0.1, -0.05) is 18.7 Å². The van der Waals surface area contributed by atoms with Crippen molar-refractivity contribution in [2.45, 2.75) is 49.1 Å². The van der Waals surface area contributed by atoms with E-state index in [-0.39, 0.29) is 23.4 Å². The monoisotopic (exact) mass is 257 g/mol. The van der Waals surface area contributed by atoms with Crippen LogP contribution in [0.2, 0.25) is 0 Å². The molecule has 0 amide bonds. The molecule has 1 aromatic rings. The van der Waals surface area contributed by atoms with Gasteiger partial charge in [-0.2, -0.15) is 0 Å². The zero-order valence-corrected chi connectivity index (χ0v) is 10.4. The number of carboxylic acids is 1. The second-order valence-electron chi connectivity index (χ2n) is 4.16. The lowest BCUT2D eigenvalue weighted by Crippen LogP contribution is -2.17. The van der Waals surface area contributed by atoms with Crippen LogP contribution < -0.4 is 5.69 Å². The number of thioether (sulfide) groups is 1. The number of rotatable bonds is 6. The Kier molecular flexibility index (Phi) is 3.56. The summed E-state index contributed by atoms with van der Waals surface area (Å²) >= 11 is 1.37. The Bertz CT molecular complexity index is 464. The van der Waals surface area contributed by atoms with Crippen molar-refractivity contribution in [1.82, 2.24) is 14.8 Å². The van der Waals surface area contributed by atoms with Crippen LogP contribution in [0, 0.1) is 0 Å². The smallest absolute Gasteiger partial charge is 0.344 e. The molecule has 1 saturated carbocycles. The van der Waals surface area contributed by atoms with E-state index >= 15 is 0 Å². The number of carboxylic acid groups (broad SMARTS) is 1. The molecule has 7 heteroatoms. The number of aromatic nitrogens is 3. The van der Waals surface area contributed by atoms with Gasteiger partial charge in [-0.05, 0) is 19.3 Å². The Morgan fingerprint density at radius 2 is 2.41 bits per heavy atom. The number of aromatic amines is 1. The van der Waals surface area contributed by atoms with Crippen molar-refractivity contribution in [2.75, 3.05) is 0 Å². The van der Waals surface area contributed by atoms with Crippen molar-refractivity contribution >= 4 is 17.7 Å². The molecular weight excluding hydrogens is 242 g/mol. The fourth-order valence-electron chi connectivity index (χ4n) is 1.64. The van der Waals surface area contributed by atoms with Gasteiger partial charge in [-0.25, -0.2) is 9.89 Å². The molecule has 2 N–H and O–H groups in total. The molecule has 0 spiro atoms. The number of nitrogens with zero attached hydrogens (tertiary/aromatic N) is 2. The molecule has 1 fully saturated rings. The van der Waals surface area contributed by atoms with Crippen LogP contribution in [0.3, 0.4) is 0 Å². The predicted octanol–water partition coefficient (Wildman–Crippen LogP) is 1.25. The van der Waals surface area contributed by atoms with Gasteiger partial charge < -0.3 is 5.11 Å². The molecule has 1 aliphatic carbocycles. The average molecular weight is 257 g/mol. The molecule has 1 unspecified atom stereocenters. The summed E-state index contributed by atoms with van der Waals surface area (Å²) in [6.45, 7) is 1.94. The maximum atomic E-state index is 11.5. The van der Waals surface area contributed by atoms with Crippen molar-refractivity contribution < 1.29 is 9.90 Å². The van der Waals surface area contributed by atoms with Crippen LogP contribution >= 0.6 is 11.8 Å². The van der Waals surface area contributed by atoms with Gasteiger partial charge in [0.2, 0.25) is 0 Å². The number of hydrogen-bond acceptors (Lipinski definition) is 4. The molecule has 0 aliphatic heterocycles. The Balaban J connectivity index is 2.11. The Labute approximate surface area is 102 Å². The maximum Gasteiger partial charge on any atom is 0.344 e. The first-order chi connectivity index (χ1) is 8.11. The van der Waals surface area contributed by atoms with Crippen LogP contribution in [-0.2, 0) is 4.79 Å².